The maximum absolute atomic E-state index is 14.0. The number of carboxylic acid groups (broad SMARTS) is 2. The average Bonchev–Trinajstić information content (AvgIpc) is 3.53. The van der Waals surface area contributed by atoms with Gasteiger partial charge >= 0.3 is 11.9 Å². The monoisotopic (exact) mass is 578 g/mol. The molecule has 0 radical (unpaired) electrons. The van der Waals surface area contributed by atoms with Crippen LogP contribution in [0.4, 0.5) is 4.39 Å². The van der Waals surface area contributed by atoms with Gasteiger partial charge in [-0.1, -0.05) is 104 Å². The molecular weight excluding hydrogens is 543 g/mol. The molecule has 4 aromatic carbocycles. The molecule has 0 spiro atoms. The van der Waals surface area contributed by atoms with Crippen LogP contribution in [0.25, 0.3) is 0 Å². The second kappa shape index (κ2) is 12.9. The lowest BCUT2D eigenvalue weighted by molar-refractivity contribution is 0.0692. The van der Waals surface area contributed by atoms with Crippen LogP contribution in [0.2, 0.25) is 0 Å². The number of imidazole rings is 1. The summed E-state index contributed by atoms with van der Waals surface area (Å²) in [5, 5.41) is 18.2. The van der Waals surface area contributed by atoms with Gasteiger partial charge in [-0.2, -0.15) is 0 Å². The van der Waals surface area contributed by atoms with Crippen molar-refractivity contribution >= 4 is 11.9 Å². The van der Waals surface area contributed by atoms with Crippen LogP contribution in [-0.2, 0) is 5.54 Å². The van der Waals surface area contributed by atoms with Crippen LogP contribution in [-0.4, -0.2) is 37.4 Å². The van der Waals surface area contributed by atoms with Crippen molar-refractivity contribution in [3.8, 4) is 0 Å². The number of halogens is 1. The second-order valence-corrected chi connectivity index (χ2v) is 10.9. The highest BCUT2D eigenvalue weighted by molar-refractivity contribution is 5.97. The maximum Gasteiger partial charge on any atom is 0.336 e. The van der Waals surface area contributed by atoms with Crippen LogP contribution in [0, 0.1) is 6.92 Å². The Morgan fingerprint density at radius 3 is 1.58 bits per heavy atom. The maximum atomic E-state index is 14.0. The summed E-state index contributed by atoms with van der Waals surface area (Å²) in [6, 6.07) is 34.5. The Morgan fingerprint density at radius 1 is 0.767 bits per heavy atom. The van der Waals surface area contributed by atoms with Gasteiger partial charge in [0.15, 0.2) is 0 Å². The van der Waals surface area contributed by atoms with E-state index in [0.717, 1.165) is 0 Å². The van der Waals surface area contributed by atoms with Gasteiger partial charge in [-0.05, 0) is 54.7 Å². The zero-order valence-corrected chi connectivity index (χ0v) is 24.6. The third-order valence-electron chi connectivity index (χ3n) is 7.90. The van der Waals surface area contributed by atoms with Crippen LogP contribution in [0.15, 0.2) is 122 Å². The normalized spacial score (nSPS) is 12.1. The number of carboxylic acids is 2. The number of benzene rings is 4. The molecule has 0 fully saturated rings. The molecule has 5 rings (SSSR count). The van der Waals surface area contributed by atoms with Crippen molar-refractivity contribution in [3.05, 3.63) is 161 Å². The summed E-state index contributed by atoms with van der Waals surface area (Å²) in [4.78, 5) is 26.7. The van der Waals surface area contributed by atoms with E-state index >= 15 is 0 Å². The van der Waals surface area contributed by atoms with Gasteiger partial charge in [-0.25, -0.2) is 19.0 Å². The highest BCUT2D eigenvalue weighted by Crippen LogP contribution is 2.40. The molecule has 0 aliphatic rings. The lowest BCUT2D eigenvalue weighted by Crippen LogP contribution is -2.36. The van der Waals surface area contributed by atoms with Crippen LogP contribution in [0.5, 0.6) is 0 Å². The van der Waals surface area contributed by atoms with E-state index < -0.39 is 29.1 Å². The summed E-state index contributed by atoms with van der Waals surface area (Å²) < 4.78 is 16.2. The lowest BCUT2D eigenvalue weighted by atomic mass is 9.77. The van der Waals surface area contributed by atoms with E-state index in [4.69, 9.17) is 5.11 Å². The predicted octanol–water partition coefficient (Wildman–Crippen LogP) is 7.97. The van der Waals surface area contributed by atoms with E-state index in [0.29, 0.717) is 5.56 Å². The number of nitrogens with zero attached hydrogens (tertiary/aromatic N) is 2. The van der Waals surface area contributed by atoms with Crippen LogP contribution >= 0.6 is 0 Å². The zero-order chi connectivity index (χ0) is 31.2. The Hall–Kier alpha value is -5.04. The molecule has 0 saturated carbocycles. The predicted molar refractivity (Wildman–Crippen MR) is 166 cm³/mol. The van der Waals surface area contributed by atoms with Gasteiger partial charge < -0.3 is 14.8 Å². The quantitative estimate of drug-likeness (QED) is 0.182. The van der Waals surface area contributed by atoms with Crippen LogP contribution in [0.3, 0.4) is 0 Å². The summed E-state index contributed by atoms with van der Waals surface area (Å²) in [6.45, 7) is 5.74. The fourth-order valence-electron chi connectivity index (χ4n) is 5.42. The Kier molecular flexibility index (Phi) is 9.24. The number of rotatable bonds is 8. The van der Waals surface area contributed by atoms with Crippen LogP contribution < -0.4 is 0 Å². The Bertz CT molecular complexity index is 1570. The van der Waals surface area contributed by atoms with E-state index in [1.54, 1.807) is 6.92 Å². The van der Waals surface area contributed by atoms with Crippen LogP contribution in [0.1, 0.15) is 75.2 Å². The molecule has 6 nitrogen and oxygen atoms in total. The van der Waals surface area contributed by atoms with Crippen molar-refractivity contribution in [2.24, 2.45) is 0 Å². The first kappa shape index (κ1) is 30.9. The Balaban J connectivity index is 0.000000204. The number of aromatic nitrogens is 2. The molecule has 0 bridgehead atoms. The van der Waals surface area contributed by atoms with E-state index in [9.17, 15) is 19.1 Å². The smallest absolute Gasteiger partial charge is 0.336 e. The molecule has 2 N–H and O–H groups in total. The van der Waals surface area contributed by atoms with Crippen molar-refractivity contribution < 1.29 is 24.2 Å². The van der Waals surface area contributed by atoms with Gasteiger partial charge in [0.1, 0.15) is 11.2 Å². The molecule has 1 aromatic heterocycles. The standard InChI is InChI=1S/C22H18N2.C14H17FO4/c1-4-10-19(11-5-1)22(24-17-16-23-18-24,20-12-6-2-7-13-20)21-14-8-3-9-15-21;1-7-9(12(16)17)5-6-10(11(7)13(18)19)8(2)14(3,4)15/h1-18H;5-6,8H,1-4H3,(H,16,17)(H,18,19). The second-order valence-electron chi connectivity index (χ2n) is 10.9. The van der Waals surface area contributed by atoms with Gasteiger partial charge in [0.2, 0.25) is 0 Å². The highest BCUT2D eigenvalue weighted by Gasteiger charge is 2.38. The van der Waals surface area contributed by atoms with Crippen molar-refractivity contribution in [3.63, 3.8) is 0 Å². The van der Waals surface area contributed by atoms with Gasteiger partial charge in [0.25, 0.3) is 0 Å². The van der Waals surface area contributed by atoms with E-state index in [1.807, 2.05) is 18.7 Å². The van der Waals surface area contributed by atoms with E-state index in [-0.39, 0.29) is 16.7 Å². The molecule has 43 heavy (non-hydrogen) atoms. The minimum atomic E-state index is -1.60. The third-order valence-corrected chi connectivity index (χ3v) is 7.90. The van der Waals surface area contributed by atoms with E-state index in [2.05, 4.69) is 101 Å². The van der Waals surface area contributed by atoms with Gasteiger partial charge in [-0.15, -0.1) is 0 Å². The van der Waals surface area contributed by atoms with E-state index in [1.165, 1.54) is 49.6 Å². The Labute approximate surface area is 251 Å². The molecule has 0 saturated heterocycles. The first-order chi connectivity index (χ1) is 20.5. The molecule has 0 aliphatic heterocycles. The topological polar surface area (TPSA) is 92.4 Å². The summed E-state index contributed by atoms with van der Waals surface area (Å²) in [5.41, 5.74) is 1.84. The summed E-state index contributed by atoms with van der Waals surface area (Å²) in [6.07, 6.45) is 5.77. The molecular formula is C36H35FN2O4. The van der Waals surface area contributed by atoms with Gasteiger partial charge in [0, 0.05) is 18.3 Å². The SMILES string of the molecule is Cc1c(C(=O)O)ccc(C(C)C(C)(C)F)c1C(=O)O.c1ccc(C(c2ccccc2)(c2ccccc2)n2ccnc2)cc1. The fourth-order valence-corrected chi connectivity index (χ4v) is 5.42. The van der Waals surface area contributed by atoms with Gasteiger partial charge in [-0.3, -0.25) is 0 Å². The first-order valence-electron chi connectivity index (χ1n) is 13.9. The lowest BCUT2D eigenvalue weighted by Gasteiger charge is -2.37. The Morgan fingerprint density at radius 2 is 1.23 bits per heavy atom. The van der Waals surface area contributed by atoms with Crippen molar-refractivity contribution in [2.45, 2.75) is 44.8 Å². The summed E-state index contributed by atoms with van der Waals surface area (Å²) >= 11 is 0. The number of carbonyl (C=O) groups is 2. The van der Waals surface area contributed by atoms with Crippen molar-refractivity contribution in [2.75, 3.05) is 0 Å². The minimum absolute atomic E-state index is 0.0787. The number of hydrogen-bond donors (Lipinski definition) is 2. The summed E-state index contributed by atoms with van der Waals surface area (Å²) in [7, 11) is 0. The first-order valence-corrected chi connectivity index (χ1v) is 13.9. The summed E-state index contributed by atoms with van der Waals surface area (Å²) in [5.74, 6) is -3.09. The van der Waals surface area contributed by atoms with Crippen molar-refractivity contribution in [1.29, 1.82) is 0 Å². The molecule has 7 heteroatoms. The number of hydrogen-bond acceptors (Lipinski definition) is 3. The fraction of sp³-hybridized carbons (Fsp3) is 0.194. The number of aromatic carboxylic acids is 2. The molecule has 220 valence electrons. The highest BCUT2D eigenvalue weighted by atomic mass is 19.1. The van der Waals surface area contributed by atoms with Crippen molar-refractivity contribution in [1.82, 2.24) is 9.55 Å². The number of alkyl halides is 1. The molecule has 1 atom stereocenters. The average molecular weight is 579 g/mol. The third kappa shape index (κ3) is 6.26. The van der Waals surface area contributed by atoms with Gasteiger partial charge in [0.05, 0.1) is 17.5 Å². The molecule has 1 unspecified atom stereocenters. The molecule has 5 aromatic rings. The largest absolute Gasteiger partial charge is 0.478 e. The molecule has 0 amide bonds. The molecule has 0 aliphatic carbocycles. The zero-order valence-electron chi connectivity index (χ0n) is 24.6. The molecule has 1 heterocycles. The minimum Gasteiger partial charge on any atom is -0.478 e.